The Labute approximate surface area is 299 Å². The summed E-state index contributed by atoms with van der Waals surface area (Å²) in [7, 11) is 9.40. The molecule has 3 amide bonds. The quantitative estimate of drug-likeness (QED) is 0.202. The van der Waals surface area contributed by atoms with Gasteiger partial charge in [-0.15, -0.1) is 0 Å². The minimum Gasteiger partial charge on any atom is -0.497 e. The summed E-state index contributed by atoms with van der Waals surface area (Å²) in [4.78, 5) is 47.5. The maximum Gasteiger partial charge on any atom is 0.323 e. The van der Waals surface area contributed by atoms with Crippen molar-refractivity contribution >= 4 is 51.8 Å². The molecule has 268 valence electrons. The van der Waals surface area contributed by atoms with E-state index in [1.54, 1.807) is 61.5 Å². The van der Waals surface area contributed by atoms with Gasteiger partial charge in [-0.2, -0.15) is 0 Å². The van der Waals surface area contributed by atoms with Crippen LogP contribution < -0.4 is 25.0 Å². The molecule has 0 saturated carbocycles. The Morgan fingerprint density at radius 3 is 2.33 bits per heavy atom. The molecule has 3 heterocycles. The van der Waals surface area contributed by atoms with Crippen LogP contribution >= 0.6 is 0 Å². The van der Waals surface area contributed by atoms with Crippen molar-refractivity contribution in [1.82, 2.24) is 19.3 Å². The van der Waals surface area contributed by atoms with Crippen LogP contribution in [0.4, 0.5) is 21.9 Å². The van der Waals surface area contributed by atoms with E-state index in [0.717, 1.165) is 72.9 Å². The number of Topliss-reactive ketones (excluding diaryl/α,β-unsaturated/α-hetero) is 1. The average Bonchev–Trinajstić information content (AvgIpc) is 3.57. The van der Waals surface area contributed by atoms with Gasteiger partial charge in [0, 0.05) is 98.5 Å². The minimum absolute atomic E-state index is 0.00845. The molecule has 6 rings (SSSR count). The van der Waals surface area contributed by atoms with Crippen LogP contribution in [0.2, 0.25) is 0 Å². The number of amides is 3. The third-order valence-corrected chi connectivity index (χ3v) is 9.68. The first-order chi connectivity index (χ1) is 24.5. The van der Waals surface area contributed by atoms with Crippen LogP contribution in [0.5, 0.6) is 11.5 Å². The van der Waals surface area contributed by atoms with E-state index in [1.165, 1.54) is 0 Å². The lowest BCUT2D eigenvalue weighted by molar-refractivity contribution is -0.118. The Morgan fingerprint density at radius 2 is 1.63 bits per heavy atom. The topological polar surface area (TPSA) is 112 Å². The van der Waals surface area contributed by atoms with E-state index in [-0.39, 0.29) is 17.4 Å². The van der Waals surface area contributed by atoms with Gasteiger partial charge in [0.15, 0.2) is 5.76 Å². The summed E-state index contributed by atoms with van der Waals surface area (Å²) in [6.45, 7) is 8.73. The Kier molecular flexibility index (Phi) is 10.8. The van der Waals surface area contributed by atoms with Gasteiger partial charge in [-0.25, -0.2) is 4.79 Å². The highest BCUT2D eigenvalue weighted by Crippen LogP contribution is 2.37. The fourth-order valence-corrected chi connectivity index (χ4v) is 6.49. The molecule has 3 aromatic carbocycles. The average molecular weight is 694 g/mol. The van der Waals surface area contributed by atoms with Crippen molar-refractivity contribution in [3.63, 3.8) is 0 Å². The number of fused-ring (bicyclic) bond motifs is 2. The molecular formula is C39H47N7O5. The van der Waals surface area contributed by atoms with Crippen molar-refractivity contribution < 1.29 is 23.9 Å². The molecule has 0 bridgehead atoms. The summed E-state index contributed by atoms with van der Waals surface area (Å²) < 4.78 is 14.0. The van der Waals surface area contributed by atoms with Gasteiger partial charge in [0.25, 0.3) is 0 Å². The summed E-state index contributed by atoms with van der Waals surface area (Å²) in [6.07, 6.45) is 2.23. The number of hydrogen-bond acceptors (Lipinski definition) is 8. The first kappa shape index (κ1) is 35.6. The molecule has 0 unspecified atom stereocenters. The van der Waals surface area contributed by atoms with Crippen LogP contribution in [-0.2, 0) is 11.3 Å². The lowest BCUT2D eigenvalue weighted by Gasteiger charge is -2.32. The SMILES string of the molecule is COc1ccc2c(c1)c(/C=C1\Oc3ccc(NC(=O)Nc4ccc(N(C)C(=O)CCN(C)C)cc4)cc3C1=O)c(C)n2CCN1CCN(C)CC1. The lowest BCUT2D eigenvalue weighted by Crippen LogP contribution is -2.45. The van der Waals surface area contributed by atoms with E-state index in [0.29, 0.717) is 35.7 Å². The summed E-state index contributed by atoms with van der Waals surface area (Å²) >= 11 is 0. The zero-order valence-corrected chi connectivity index (χ0v) is 30.3. The standard InChI is InChI=1S/C39H47N7O5/c1-26-31(32-24-30(50-6)12-13-34(32)46(26)22-21-45-19-17-43(4)18-20-45)25-36-38(48)33-23-28(9-14-35(33)51-36)41-39(49)40-27-7-10-29(11-8-27)44(5)37(47)15-16-42(2)3/h7-14,23-25H,15-22H2,1-6H3,(H2,40,41,49)/b36-25-. The molecular weight excluding hydrogens is 646 g/mol. The molecule has 4 aromatic rings. The molecule has 2 aliphatic heterocycles. The van der Waals surface area contributed by atoms with Crippen LogP contribution in [0.3, 0.4) is 0 Å². The summed E-state index contributed by atoms with van der Waals surface area (Å²) in [5.74, 6) is 1.15. The molecule has 2 N–H and O–H groups in total. The Bertz CT molecular complexity index is 1960. The first-order valence-electron chi connectivity index (χ1n) is 17.3. The monoisotopic (exact) mass is 693 g/mol. The number of aromatic nitrogens is 1. The predicted octanol–water partition coefficient (Wildman–Crippen LogP) is 5.38. The van der Waals surface area contributed by atoms with Crippen molar-refractivity contribution in [2.24, 2.45) is 0 Å². The molecule has 1 aromatic heterocycles. The fourth-order valence-electron chi connectivity index (χ4n) is 6.49. The molecule has 12 nitrogen and oxygen atoms in total. The summed E-state index contributed by atoms with van der Waals surface area (Å²) in [5, 5.41) is 6.61. The second-order valence-electron chi connectivity index (χ2n) is 13.5. The number of anilines is 3. The van der Waals surface area contributed by atoms with Crippen molar-refractivity contribution in [3.8, 4) is 11.5 Å². The highest BCUT2D eigenvalue weighted by molar-refractivity contribution is 6.16. The largest absolute Gasteiger partial charge is 0.497 e. The number of allylic oxidation sites excluding steroid dienone is 1. The van der Waals surface area contributed by atoms with Gasteiger partial charge in [0.1, 0.15) is 11.5 Å². The number of ketones is 1. The van der Waals surface area contributed by atoms with E-state index >= 15 is 0 Å². The molecule has 0 spiro atoms. The molecule has 1 fully saturated rings. The number of carbonyl (C=O) groups is 3. The van der Waals surface area contributed by atoms with Crippen LogP contribution in [0.15, 0.2) is 66.4 Å². The van der Waals surface area contributed by atoms with Gasteiger partial charge in [-0.3, -0.25) is 14.5 Å². The number of ether oxygens (including phenoxy) is 2. The minimum atomic E-state index is -0.464. The predicted molar refractivity (Wildman–Crippen MR) is 202 cm³/mol. The lowest BCUT2D eigenvalue weighted by atomic mass is 10.1. The highest BCUT2D eigenvalue weighted by atomic mass is 16.5. The Morgan fingerprint density at radius 1 is 0.922 bits per heavy atom. The number of urea groups is 1. The Balaban J connectivity index is 1.14. The normalized spacial score (nSPS) is 15.7. The van der Waals surface area contributed by atoms with E-state index in [1.807, 2.05) is 37.2 Å². The number of hydrogen-bond donors (Lipinski definition) is 2. The van der Waals surface area contributed by atoms with Crippen molar-refractivity contribution in [3.05, 3.63) is 83.2 Å². The molecule has 0 atom stereocenters. The maximum atomic E-state index is 13.7. The second kappa shape index (κ2) is 15.4. The molecule has 12 heteroatoms. The number of nitrogens with one attached hydrogen (secondary N) is 2. The number of carbonyl (C=O) groups excluding carboxylic acids is 3. The fraction of sp³-hybridized carbons (Fsp3) is 0.359. The van der Waals surface area contributed by atoms with Crippen molar-refractivity contribution in [1.29, 1.82) is 0 Å². The number of methoxy groups -OCH3 is 1. The van der Waals surface area contributed by atoms with Gasteiger partial charge >= 0.3 is 6.03 Å². The number of benzene rings is 3. The number of likely N-dealkylation sites (N-methyl/N-ethyl adjacent to an activating group) is 1. The molecule has 2 aliphatic rings. The van der Waals surface area contributed by atoms with Gasteiger partial charge in [-0.1, -0.05) is 0 Å². The third-order valence-electron chi connectivity index (χ3n) is 9.68. The second-order valence-corrected chi connectivity index (χ2v) is 13.5. The van der Waals surface area contributed by atoms with Crippen LogP contribution in [0.25, 0.3) is 17.0 Å². The zero-order valence-electron chi connectivity index (χ0n) is 30.3. The van der Waals surface area contributed by atoms with Crippen LogP contribution in [-0.4, -0.2) is 112 Å². The number of nitrogens with zero attached hydrogens (tertiary/aromatic N) is 5. The van der Waals surface area contributed by atoms with Crippen molar-refractivity contribution in [2.75, 3.05) is 90.1 Å². The van der Waals surface area contributed by atoms with E-state index < -0.39 is 6.03 Å². The zero-order chi connectivity index (χ0) is 36.2. The molecule has 0 aliphatic carbocycles. The van der Waals surface area contributed by atoms with E-state index in [9.17, 15) is 14.4 Å². The molecule has 1 saturated heterocycles. The van der Waals surface area contributed by atoms with Crippen LogP contribution in [0.1, 0.15) is 28.0 Å². The van der Waals surface area contributed by atoms with Crippen molar-refractivity contribution in [2.45, 2.75) is 19.9 Å². The highest BCUT2D eigenvalue weighted by Gasteiger charge is 2.29. The number of piperazine rings is 1. The van der Waals surface area contributed by atoms with E-state index in [4.69, 9.17) is 9.47 Å². The van der Waals surface area contributed by atoms with Gasteiger partial charge < -0.3 is 39.4 Å². The van der Waals surface area contributed by atoms with E-state index in [2.05, 4.69) is 45.0 Å². The van der Waals surface area contributed by atoms with Gasteiger partial charge in [-0.05, 0) is 94.8 Å². The van der Waals surface area contributed by atoms with Gasteiger partial charge in [0.05, 0.1) is 12.7 Å². The Hall–Kier alpha value is -5.17. The first-order valence-corrected chi connectivity index (χ1v) is 17.3. The van der Waals surface area contributed by atoms with Crippen LogP contribution in [0, 0.1) is 6.92 Å². The maximum absolute atomic E-state index is 13.7. The summed E-state index contributed by atoms with van der Waals surface area (Å²) in [6, 6.07) is 17.6. The molecule has 51 heavy (non-hydrogen) atoms. The summed E-state index contributed by atoms with van der Waals surface area (Å²) in [5.41, 5.74) is 5.15. The number of rotatable bonds is 11. The third kappa shape index (κ3) is 8.09. The molecule has 0 radical (unpaired) electrons. The smallest absolute Gasteiger partial charge is 0.323 e. The van der Waals surface area contributed by atoms with Gasteiger partial charge in [0.2, 0.25) is 11.7 Å².